The summed E-state index contributed by atoms with van der Waals surface area (Å²) in [4.78, 5) is 0. The van der Waals surface area contributed by atoms with Gasteiger partial charge in [0.05, 0.1) is 5.69 Å². The molecule has 1 aromatic heterocycles. The van der Waals surface area contributed by atoms with Crippen LogP contribution in [0.2, 0.25) is 0 Å². The fraction of sp³-hybridized carbons (Fsp3) is 0.727. The molecular formula is C11H21N3. The van der Waals surface area contributed by atoms with E-state index in [1.165, 1.54) is 18.4 Å². The molecule has 1 rings (SSSR count). The Labute approximate surface area is 86.5 Å². The molecule has 0 amide bonds. The van der Waals surface area contributed by atoms with E-state index >= 15 is 0 Å². The van der Waals surface area contributed by atoms with Gasteiger partial charge in [0.1, 0.15) is 0 Å². The molecule has 1 aromatic rings. The number of aryl methyl sites for hydroxylation is 2. The first-order valence-corrected chi connectivity index (χ1v) is 5.51. The van der Waals surface area contributed by atoms with Crippen molar-refractivity contribution in [2.75, 3.05) is 6.54 Å². The van der Waals surface area contributed by atoms with Gasteiger partial charge in [0.15, 0.2) is 0 Å². The van der Waals surface area contributed by atoms with Gasteiger partial charge in [0.25, 0.3) is 0 Å². The van der Waals surface area contributed by atoms with Crippen LogP contribution in [0, 0.1) is 6.92 Å². The van der Waals surface area contributed by atoms with Gasteiger partial charge >= 0.3 is 0 Å². The Bertz CT molecular complexity index is 265. The second-order valence-corrected chi connectivity index (χ2v) is 3.63. The van der Waals surface area contributed by atoms with E-state index in [9.17, 15) is 0 Å². The number of hydrogen-bond acceptors (Lipinski definition) is 2. The minimum atomic E-state index is 0.950. The van der Waals surface area contributed by atoms with Gasteiger partial charge in [-0.05, 0) is 26.8 Å². The van der Waals surface area contributed by atoms with Crippen molar-refractivity contribution in [2.24, 2.45) is 0 Å². The highest BCUT2D eigenvalue weighted by Gasteiger charge is 2.02. The molecule has 1 heterocycles. The third kappa shape index (κ3) is 3.14. The molecule has 0 saturated heterocycles. The maximum atomic E-state index is 4.40. The van der Waals surface area contributed by atoms with E-state index in [1.54, 1.807) is 0 Å². The van der Waals surface area contributed by atoms with Gasteiger partial charge < -0.3 is 5.32 Å². The highest BCUT2D eigenvalue weighted by molar-refractivity contribution is 5.14. The predicted octanol–water partition coefficient (Wildman–Crippen LogP) is 2.10. The lowest BCUT2D eigenvalue weighted by Crippen LogP contribution is -2.14. The zero-order chi connectivity index (χ0) is 10.4. The average molecular weight is 195 g/mol. The SMILES string of the molecule is CCCCNCc1cn(CC)nc1C. The van der Waals surface area contributed by atoms with Crippen molar-refractivity contribution in [3.63, 3.8) is 0 Å². The van der Waals surface area contributed by atoms with Gasteiger partial charge in [-0.15, -0.1) is 0 Å². The lowest BCUT2D eigenvalue weighted by molar-refractivity contribution is 0.637. The van der Waals surface area contributed by atoms with E-state index in [-0.39, 0.29) is 0 Å². The molecule has 0 fully saturated rings. The number of nitrogens with zero attached hydrogens (tertiary/aromatic N) is 2. The summed E-state index contributed by atoms with van der Waals surface area (Å²) in [5, 5.41) is 7.83. The number of hydrogen-bond donors (Lipinski definition) is 1. The van der Waals surface area contributed by atoms with E-state index in [0.29, 0.717) is 0 Å². The van der Waals surface area contributed by atoms with Gasteiger partial charge in [0, 0.05) is 24.8 Å². The second kappa shape index (κ2) is 5.81. The molecule has 0 aliphatic carbocycles. The molecule has 3 heteroatoms. The Kier molecular flexibility index (Phi) is 4.66. The largest absolute Gasteiger partial charge is 0.313 e. The summed E-state index contributed by atoms with van der Waals surface area (Å²) in [5.41, 5.74) is 2.47. The highest BCUT2D eigenvalue weighted by Crippen LogP contribution is 2.04. The zero-order valence-corrected chi connectivity index (χ0v) is 9.51. The van der Waals surface area contributed by atoms with Crippen LogP contribution in [-0.2, 0) is 13.1 Å². The summed E-state index contributed by atoms with van der Waals surface area (Å²) in [6, 6.07) is 0. The Morgan fingerprint density at radius 2 is 2.21 bits per heavy atom. The van der Waals surface area contributed by atoms with Crippen LogP contribution >= 0.6 is 0 Å². The van der Waals surface area contributed by atoms with Crippen LogP contribution in [-0.4, -0.2) is 16.3 Å². The Balaban J connectivity index is 2.38. The lowest BCUT2D eigenvalue weighted by atomic mass is 10.2. The number of rotatable bonds is 6. The summed E-state index contributed by atoms with van der Waals surface area (Å²) < 4.78 is 1.99. The summed E-state index contributed by atoms with van der Waals surface area (Å²) in [6.07, 6.45) is 4.63. The first kappa shape index (κ1) is 11.2. The molecule has 0 saturated carbocycles. The minimum absolute atomic E-state index is 0.950. The van der Waals surface area contributed by atoms with Crippen molar-refractivity contribution in [3.05, 3.63) is 17.5 Å². The van der Waals surface area contributed by atoms with E-state index < -0.39 is 0 Å². The van der Waals surface area contributed by atoms with Crippen LogP contribution in [0.25, 0.3) is 0 Å². The summed E-state index contributed by atoms with van der Waals surface area (Å²) in [5.74, 6) is 0. The number of aromatic nitrogens is 2. The quantitative estimate of drug-likeness (QED) is 0.704. The third-order valence-electron chi connectivity index (χ3n) is 2.39. The van der Waals surface area contributed by atoms with Crippen LogP contribution in [0.1, 0.15) is 37.9 Å². The van der Waals surface area contributed by atoms with E-state index in [1.807, 2.05) is 4.68 Å². The highest BCUT2D eigenvalue weighted by atomic mass is 15.3. The van der Waals surface area contributed by atoms with Gasteiger partial charge in [-0.2, -0.15) is 5.10 Å². The molecule has 0 radical (unpaired) electrons. The molecule has 0 atom stereocenters. The van der Waals surface area contributed by atoms with Crippen molar-refractivity contribution >= 4 is 0 Å². The van der Waals surface area contributed by atoms with Crippen molar-refractivity contribution in [2.45, 2.75) is 46.7 Å². The maximum Gasteiger partial charge on any atom is 0.0638 e. The molecule has 0 aromatic carbocycles. The smallest absolute Gasteiger partial charge is 0.0638 e. The van der Waals surface area contributed by atoms with Gasteiger partial charge in [-0.3, -0.25) is 4.68 Å². The van der Waals surface area contributed by atoms with Crippen LogP contribution < -0.4 is 5.32 Å². The number of unbranched alkanes of at least 4 members (excludes halogenated alkanes) is 1. The van der Waals surface area contributed by atoms with Crippen molar-refractivity contribution in [1.82, 2.24) is 15.1 Å². The van der Waals surface area contributed by atoms with Crippen molar-refractivity contribution in [1.29, 1.82) is 0 Å². The first-order valence-electron chi connectivity index (χ1n) is 5.51. The molecule has 0 bridgehead atoms. The number of nitrogens with one attached hydrogen (secondary N) is 1. The average Bonchev–Trinajstić information content (AvgIpc) is 2.54. The molecule has 14 heavy (non-hydrogen) atoms. The predicted molar refractivity (Wildman–Crippen MR) is 59.3 cm³/mol. The van der Waals surface area contributed by atoms with Crippen molar-refractivity contribution in [3.8, 4) is 0 Å². The summed E-state index contributed by atoms with van der Waals surface area (Å²) in [7, 11) is 0. The van der Waals surface area contributed by atoms with Crippen LogP contribution in [0.3, 0.4) is 0 Å². The molecule has 3 nitrogen and oxygen atoms in total. The standard InChI is InChI=1S/C11H21N3/c1-4-6-7-12-8-11-9-14(5-2)13-10(11)3/h9,12H,4-8H2,1-3H3. The fourth-order valence-electron chi connectivity index (χ4n) is 1.42. The lowest BCUT2D eigenvalue weighted by Gasteiger charge is -2.01. The molecule has 0 aliphatic heterocycles. The maximum absolute atomic E-state index is 4.40. The van der Waals surface area contributed by atoms with Crippen LogP contribution in [0.15, 0.2) is 6.20 Å². The summed E-state index contributed by atoms with van der Waals surface area (Å²) in [6.45, 7) is 9.40. The zero-order valence-electron chi connectivity index (χ0n) is 9.51. The normalized spacial score (nSPS) is 10.8. The van der Waals surface area contributed by atoms with E-state index in [0.717, 1.165) is 25.3 Å². The molecule has 1 N–H and O–H groups in total. The Hall–Kier alpha value is -0.830. The Morgan fingerprint density at radius 3 is 2.79 bits per heavy atom. The first-order chi connectivity index (χ1) is 6.77. The van der Waals surface area contributed by atoms with E-state index in [4.69, 9.17) is 0 Å². The molecule has 0 spiro atoms. The van der Waals surface area contributed by atoms with E-state index in [2.05, 4.69) is 37.4 Å². The fourth-order valence-corrected chi connectivity index (χ4v) is 1.42. The van der Waals surface area contributed by atoms with Crippen LogP contribution in [0.5, 0.6) is 0 Å². The molecule has 0 unspecified atom stereocenters. The topological polar surface area (TPSA) is 29.9 Å². The van der Waals surface area contributed by atoms with Crippen LogP contribution in [0.4, 0.5) is 0 Å². The molecule has 0 aliphatic rings. The van der Waals surface area contributed by atoms with Gasteiger partial charge in [-0.1, -0.05) is 13.3 Å². The Morgan fingerprint density at radius 1 is 1.43 bits per heavy atom. The third-order valence-corrected chi connectivity index (χ3v) is 2.39. The minimum Gasteiger partial charge on any atom is -0.313 e. The molecular weight excluding hydrogens is 174 g/mol. The van der Waals surface area contributed by atoms with Gasteiger partial charge in [0.2, 0.25) is 0 Å². The second-order valence-electron chi connectivity index (χ2n) is 3.63. The van der Waals surface area contributed by atoms with Gasteiger partial charge in [-0.25, -0.2) is 0 Å². The monoisotopic (exact) mass is 195 g/mol. The van der Waals surface area contributed by atoms with Crippen molar-refractivity contribution < 1.29 is 0 Å². The summed E-state index contributed by atoms with van der Waals surface area (Å²) >= 11 is 0. The molecule has 80 valence electrons.